The van der Waals surface area contributed by atoms with Crippen LogP contribution in [0.2, 0.25) is 0 Å². The van der Waals surface area contributed by atoms with E-state index in [1.807, 2.05) is 11.8 Å². The van der Waals surface area contributed by atoms with Gasteiger partial charge in [0.05, 0.1) is 11.1 Å². The number of nitrogens with two attached hydrogens (primary N) is 1. The number of hydrogen-bond donors (Lipinski definition) is 1. The molecule has 3 heterocycles. The SMILES string of the molecule is NCc1cccc2ccn(C3CCOC4(CCSC4)C3)c12. The maximum Gasteiger partial charge on any atom is 0.0800 e. The molecule has 2 aliphatic rings. The van der Waals surface area contributed by atoms with Gasteiger partial charge in [-0.15, -0.1) is 0 Å². The van der Waals surface area contributed by atoms with Crippen molar-refractivity contribution in [3.8, 4) is 0 Å². The molecule has 21 heavy (non-hydrogen) atoms. The number of fused-ring (bicyclic) bond motifs is 1. The predicted molar refractivity (Wildman–Crippen MR) is 88.7 cm³/mol. The van der Waals surface area contributed by atoms with Crippen molar-refractivity contribution in [2.24, 2.45) is 5.73 Å². The third kappa shape index (κ3) is 2.30. The molecular formula is C17H22N2OS. The molecule has 2 saturated heterocycles. The van der Waals surface area contributed by atoms with Gasteiger partial charge in [-0.2, -0.15) is 11.8 Å². The Kier molecular flexibility index (Phi) is 3.48. The lowest BCUT2D eigenvalue weighted by Gasteiger charge is -2.38. The molecule has 1 aromatic carbocycles. The lowest BCUT2D eigenvalue weighted by Crippen LogP contribution is -2.40. The van der Waals surface area contributed by atoms with Crippen LogP contribution in [0.25, 0.3) is 10.9 Å². The molecular weight excluding hydrogens is 280 g/mol. The van der Waals surface area contributed by atoms with E-state index >= 15 is 0 Å². The molecule has 0 aliphatic carbocycles. The van der Waals surface area contributed by atoms with E-state index in [1.54, 1.807) is 0 Å². The quantitative estimate of drug-likeness (QED) is 0.925. The van der Waals surface area contributed by atoms with Crippen LogP contribution in [0.1, 0.15) is 30.9 Å². The molecule has 1 aromatic heterocycles. The molecule has 3 nitrogen and oxygen atoms in total. The molecule has 2 fully saturated rings. The highest BCUT2D eigenvalue weighted by molar-refractivity contribution is 7.99. The molecule has 0 amide bonds. The van der Waals surface area contributed by atoms with Crippen LogP contribution in [0.15, 0.2) is 30.5 Å². The second kappa shape index (κ2) is 5.34. The fourth-order valence-corrected chi connectivity index (χ4v) is 5.25. The van der Waals surface area contributed by atoms with E-state index in [1.165, 1.54) is 28.6 Å². The molecule has 2 unspecified atom stereocenters. The molecule has 0 radical (unpaired) electrons. The molecule has 2 aromatic rings. The number of thioether (sulfide) groups is 1. The van der Waals surface area contributed by atoms with Crippen LogP contribution in [-0.2, 0) is 11.3 Å². The van der Waals surface area contributed by atoms with Gasteiger partial charge in [-0.25, -0.2) is 0 Å². The van der Waals surface area contributed by atoms with Gasteiger partial charge in [0, 0.05) is 31.1 Å². The maximum absolute atomic E-state index is 6.16. The molecule has 2 N–H and O–H groups in total. The number of para-hydroxylation sites is 1. The highest BCUT2D eigenvalue weighted by Gasteiger charge is 2.41. The van der Waals surface area contributed by atoms with Crippen LogP contribution in [0.5, 0.6) is 0 Å². The Morgan fingerprint density at radius 3 is 3.14 bits per heavy atom. The van der Waals surface area contributed by atoms with E-state index in [2.05, 4.69) is 35.0 Å². The topological polar surface area (TPSA) is 40.2 Å². The minimum Gasteiger partial charge on any atom is -0.374 e. The first kappa shape index (κ1) is 13.7. The third-order valence-electron chi connectivity index (χ3n) is 4.97. The molecule has 2 aliphatic heterocycles. The highest BCUT2D eigenvalue weighted by atomic mass is 32.2. The summed E-state index contributed by atoms with van der Waals surface area (Å²) >= 11 is 2.04. The zero-order valence-corrected chi connectivity index (χ0v) is 13.1. The van der Waals surface area contributed by atoms with Crippen molar-refractivity contribution in [1.29, 1.82) is 0 Å². The third-order valence-corrected chi connectivity index (χ3v) is 6.19. The van der Waals surface area contributed by atoms with Crippen molar-refractivity contribution in [2.45, 2.75) is 37.5 Å². The van der Waals surface area contributed by atoms with Crippen molar-refractivity contribution in [1.82, 2.24) is 4.57 Å². The van der Waals surface area contributed by atoms with E-state index < -0.39 is 0 Å². The zero-order valence-electron chi connectivity index (χ0n) is 12.3. The average Bonchev–Trinajstić information content (AvgIpc) is 3.14. The van der Waals surface area contributed by atoms with E-state index in [0.29, 0.717) is 12.6 Å². The first-order chi connectivity index (χ1) is 10.3. The second-order valence-corrected chi connectivity index (χ2v) is 7.37. The second-order valence-electron chi connectivity index (χ2n) is 6.26. The number of benzene rings is 1. The lowest BCUT2D eigenvalue weighted by atomic mass is 9.89. The van der Waals surface area contributed by atoms with E-state index in [-0.39, 0.29) is 5.60 Å². The average molecular weight is 302 g/mol. The van der Waals surface area contributed by atoms with Crippen LogP contribution < -0.4 is 5.73 Å². The number of ether oxygens (including phenoxy) is 1. The minimum atomic E-state index is 0.127. The predicted octanol–water partition coefficient (Wildman–Crippen LogP) is 3.33. The summed E-state index contributed by atoms with van der Waals surface area (Å²) in [5.41, 5.74) is 8.65. The van der Waals surface area contributed by atoms with E-state index in [9.17, 15) is 0 Å². The van der Waals surface area contributed by atoms with Crippen LogP contribution in [0.3, 0.4) is 0 Å². The van der Waals surface area contributed by atoms with Crippen molar-refractivity contribution in [2.75, 3.05) is 18.1 Å². The Morgan fingerprint density at radius 1 is 1.38 bits per heavy atom. The summed E-state index contributed by atoms with van der Waals surface area (Å²) in [6.45, 7) is 1.49. The standard InChI is InChI=1S/C17H22N2OS/c18-11-14-3-1-2-13-4-7-19(16(13)14)15-5-8-20-17(10-15)6-9-21-12-17/h1-4,7,15H,5-6,8-12,18H2. The maximum atomic E-state index is 6.16. The Hall–Kier alpha value is -0.970. The van der Waals surface area contributed by atoms with Gasteiger partial charge in [0.25, 0.3) is 0 Å². The summed E-state index contributed by atoms with van der Waals surface area (Å²) < 4.78 is 8.63. The molecule has 2 atom stereocenters. The summed E-state index contributed by atoms with van der Waals surface area (Å²) in [6.07, 6.45) is 5.70. The van der Waals surface area contributed by atoms with Gasteiger partial charge < -0.3 is 15.0 Å². The number of hydrogen-bond acceptors (Lipinski definition) is 3. The van der Waals surface area contributed by atoms with Gasteiger partial charge in [-0.05, 0) is 42.0 Å². The zero-order chi connectivity index (χ0) is 14.3. The fourth-order valence-electron chi connectivity index (χ4n) is 3.87. The lowest BCUT2D eigenvalue weighted by molar-refractivity contribution is -0.0756. The number of nitrogens with zero attached hydrogens (tertiary/aromatic N) is 1. The molecule has 4 heteroatoms. The first-order valence-electron chi connectivity index (χ1n) is 7.82. The van der Waals surface area contributed by atoms with Crippen molar-refractivity contribution < 1.29 is 4.74 Å². The summed E-state index contributed by atoms with van der Waals surface area (Å²) in [4.78, 5) is 0. The van der Waals surface area contributed by atoms with Crippen molar-refractivity contribution >= 4 is 22.7 Å². The molecule has 112 valence electrons. The van der Waals surface area contributed by atoms with E-state index in [0.717, 1.165) is 25.2 Å². The minimum absolute atomic E-state index is 0.127. The largest absolute Gasteiger partial charge is 0.374 e. The summed E-state index contributed by atoms with van der Waals surface area (Å²) in [6, 6.07) is 9.21. The van der Waals surface area contributed by atoms with Gasteiger partial charge in [-0.3, -0.25) is 0 Å². The normalized spacial score (nSPS) is 29.5. The first-order valence-corrected chi connectivity index (χ1v) is 8.97. The summed E-state index contributed by atoms with van der Waals surface area (Å²) in [7, 11) is 0. The molecule has 1 spiro atoms. The molecule has 0 saturated carbocycles. The fraction of sp³-hybridized carbons (Fsp3) is 0.529. The Bertz CT molecular complexity index is 645. The van der Waals surface area contributed by atoms with E-state index in [4.69, 9.17) is 10.5 Å². The monoisotopic (exact) mass is 302 g/mol. The summed E-state index contributed by atoms with van der Waals surface area (Å²) in [5, 5.41) is 1.30. The van der Waals surface area contributed by atoms with Crippen molar-refractivity contribution in [3.63, 3.8) is 0 Å². The van der Waals surface area contributed by atoms with Crippen molar-refractivity contribution in [3.05, 3.63) is 36.0 Å². The van der Waals surface area contributed by atoms with Gasteiger partial charge >= 0.3 is 0 Å². The summed E-state index contributed by atoms with van der Waals surface area (Å²) in [5.74, 6) is 2.40. The number of rotatable bonds is 2. The van der Waals surface area contributed by atoms with Gasteiger partial charge in [0.1, 0.15) is 0 Å². The van der Waals surface area contributed by atoms with Gasteiger partial charge in [0.15, 0.2) is 0 Å². The Morgan fingerprint density at radius 2 is 2.33 bits per heavy atom. The highest BCUT2D eigenvalue weighted by Crippen LogP contribution is 2.43. The van der Waals surface area contributed by atoms with Crippen LogP contribution >= 0.6 is 11.8 Å². The van der Waals surface area contributed by atoms with Crippen LogP contribution in [-0.4, -0.2) is 28.3 Å². The van der Waals surface area contributed by atoms with Gasteiger partial charge in [0.2, 0.25) is 0 Å². The smallest absolute Gasteiger partial charge is 0.0800 e. The van der Waals surface area contributed by atoms with Crippen LogP contribution in [0, 0.1) is 0 Å². The Balaban J connectivity index is 1.72. The van der Waals surface area contributed by atoms with Gasteiger partial charge in [-0.1, -0.05) is 18.2 Å². The molecule has 4 rings (SSSR count). The number of aromatic nitrogens is 1. The van der Waals surface area contributed by atoms with Crippen LogP contribution in [0.4, 0.5) is 0 Å². The molecule has 0 bridgehead atoms. The Labute approximate surface area is 129 Å².